The molecule has 0 fully saturated rings. The van der Waals surface area contributed by atoms with E-state index in [4.69, 9.17) is 14.7 Å². The summed E-state index contributed by atoms with van der Waals surface area (Å²) >= 11 is 0. The number of anilines is 2. The van der Waals surface area contributed by atoms with Gasteiger partial charge >= 0.3 is 6.09 Å². The molecule has 1 aliphatic rings. The summed E-state index contributed by atoms with van der Waals surface area (Å²) < 4.78 is 7.50. The normalized spacial score (nSPS) is 13.0. The van der Waals surface area contributed by atoms with Gasteiger partial charge in [0.05, 0.1) is 30.0 Å². The first-order chi connectivity index (χ1) is 20.7. The zero-order valence-corrected chi connectivity index (χ0v) is 26.9. The van der Waals surface area contributed by atoms with Crippen LogP contribution in [-0.4, -0.2) is 67.4 Å². The minimum absolute atomic E-state index is 0.150. The average Bonchev–Trinajstić information content (AvgIpc) is 3.56. The Kier molecular flexibility index (Phi) is 8.15. The molecule has 0 aliphatic carbocycles. The number of hydrogen-bond donors (Lipinski definition) is 0. The Morgan fingerprint density at radius 1 is 1.05 bits per heavy atom. The van der Waals surface area contributed by atoms with Crippen molar-refractivity contribution in [2.24, 2.45) is 0 Å². The number of rotatable bonds is 7. The van der Waals surface area contributed by atoms with Crippen LogP contribution in [0.4, 0.5) is 16.4 Å². The third-order valence-corrected chi connectivity index (χ3v) is 7.68. The average molecular weight is 597 g/mol. The molecule has 0 saturated carbocycles. The number of aryl methyl sites for hydroxylation is 2. The maximum atomic E-state index is 14.0. The molecule has 4 aromatic rings. The molecule has 11 nitrogen and oxygen atoms in total. The minimum atomic E-state index is -0.633. The summed E-state index contributed by atoms with van der Waals surface area (Å²) in [7, 11) is 3.61. The number of fused-ring (bicyclic) bond motifs is 1. The lowest BCUT2D eigenvalue weighted by atomic mass is 10.1. The summed E-state index contributed by atoms with van der Waals surface area (Å²) in [5.74, 6) is 1.55. The van der Waals surface area contributed by atoms with Crippen molar-refractivity contribution < 1.29 is 14.3 Å². The predicted molar refractivity (Wildman–Crippen MR) is 170 cm³/mol. The highest BCUT2D eigenvalue weighted by molar-refractivity contribution is 6.10. The quantitative estimate of drug-likeness (QED) is 0.267. The number of amides is 2. The summed E-state index contributed by atoms with van der Waals surface area (Å²) in [5, 5.41) is 8.57. The lowest BCUT2D eigenvalue weighted by Gasteiger charge is -2.26. The Morgan fingerprint density at radius 3 is 2.39 bits per heavy atom. The Balaban J connectivity index is 1.51. The van der Waals surface area contributed by atoms with E-state index in [0.29, 0.717) is 34.4 Å². The molecule has 1 aliphatic heterocycles. The van der Waals surface area contributed by atoms with Gasteiger partial charge in [0.2, 0.25) is 0 Å². The molecular weight excluding hydrogens is 556 g/mol. The SMILES string of the molecule is Cc1cccc(C)c1-n1cnnc1-c1cccc(N2Cc3c(cc(N(C)C(C)C)nc3CN(C)C(=O)OC(C)(C)C)C2=O)n1. The molecule has 44 heavy (non-hydrogen) atoms. The van der Waals surface area contributed by atoms with Crippen LogP contribution in [-0.2, 0) is 17.8 Å². The number of pyridine rings is 2. The van der Waals surface area contributed by atoms with Crippen molar-refractivity contribution in [2.75, 3.05) is 23.9 Å². The van der Waals surface area contributed by atoms with Crippen LogP contribution in [0.2, 0.25) is 0 Å². The van der Waals surface area contributed by atoms with Crippen LogP contribution < -0.4 is 9.80 Å². The first-order valence-electron chi connectivity index (χ1n) is 14.7. The number of carbonyl (C=O) groups is 2. The number of para-hydroxylation sites is 1. The van der Waals surface area contributed by atoms with Crippen LogP contribution in [0.15, 0.2) is 48.8 Å². The van der Waals surface area contributed by atoms with Gasteiger partial charge in [-0.05, 0) is 77.8 Å². The molecule has 4 heterocycles. The second kappa shape index (κ2) is 11.7. The van der Waals surface area contributed by atoms with Gasteiger partial charge < -0.3 is 14.5 Å². The van der Waals surface area contributed by atoms with E-state index in [-0.39, 0.29) is 25.0 Å². The van der Waals surface area contributed by atoms with E-state index in [0.717, 1.165) is 22.4 Å². The summed E-state index contributed by atoms with van der Waals surface area (Å²) in [4.78, 5) is 41.8. The lowest BCUT2D eigenvalue weighted by molar-refractivity contribution is 0.0282. The zero-order valence-electron chi connectivity index (χ0n) is 26.9. The second-order valence-electron chi connectivity index (χ2n) is 12.5. The summed E-state index contributed by atoms with van der Waals surface area (Å²) in [6.07, 6.45) is 1.22. The van der Waals surface area contributed by atoms with Crippen molar-refractivity contribution in [3.8, 4) is 17.2 Å². The molecule has 0 saturated heterocycles. The number of benzene rings is 1. The molecular formula is C33H40N8O3. The van der Waals surface area contributed by atoms with Gasteiger partial charge in [-0.1, -0.05) is 24.3 Å². The van der Waals surface area contributed by atoms with E-state index in [1.165, 1.54) is 4.90 Å². The number of carbonyl (C=O) groups excluding carboxylic acids is 2. The largest absolute Gasteiger partial charge is 0.444 e. The molecule has 0 atom stereocenters. The van der Waals surface area contributed by atoms with Gasteiger partial charge in [0.1, 0.15) is 29.3 Å². The topological polar surface area (TPSA) is 110 Å². The van der Waals surface area contributed by atoms with Gasteiger partial charge in [-0.25, -0.2) is 14.8 Å². The van der Waals surface area contributed by atoms with Gasteiger partial charge in [-0.3, -0.25) is 14.3 Å². The van der Waals surface area contributed by atoms with Crippen molar-refractivity contribution in [1.82, 2.24) is 29.6 Å². The zero-order chi connectivity index (χ0) is 31.9. The molecule has 0 N–H and O–H groups in total. The van der Waals surface area contributed by atoms with Crippen molar-refractivity contribution in [3.63, 3.8) is 0 Å². The highest BCUT2D eigenvalue weighted by Crippen LogP contribution is 2.34. The standard InChI is InChI=1S/C33H40N8O3/c1-20(2)39(9)28-16-23-24(26(36-28)18-38(8)32(43)44-33(5,6)7)17-40(31(23)42)27-15-11-14-25(35-27)30-37-34-19-41(30)29-21(3)12-10-13-22(29)4/h10-16,19-20H,17-18H2,1-9H3. The molecule has 3 aromatic heterocycles. The second-order valence-corrected chi connectivity index (χ2v) is 12.5. The van der Waals surface area contributed by atoms with Gasteiger partial charge in [0.25, 0.3) is 5.91 Å². The van der Waals surface area contributed by atoms with E-state index >= 15 is 0 Å². The van der Waals surface area contributed by atoms with Crippen LogP contribution in [0.25, 0.3) is 17.2 Å². The molecule has 1 aromatic carbocycles. The Bertz CT molecular complexity index is 1700. The first-order valence-corrected chi connectivity index (χ1v) is 14.7. The Hall–Kier alpha value is -4.80. The molecule has 0 bridgehead atoms. The van der Waals surface area contributed by atoms with Gasteiger partial charge in [-0.15, -0.1) is 10.2 Å². The van der Waals surface area contributed by atoms with Gasteiger partial charge in [-0.2, -0.15) is 0 Å². The van der Waals surface area contributed by atoms with Crippen LogP contribution >= 0.6 is 0 Å². The smallest absolute Gasteiger partial charge is 0.410 e. The molecule has 0 spiro atoms. The highest BCUT2D eigenvalue weighted by atomic mass is 16.6. The van der Waals surface area contributed by atoms with Gasteiger partial charge in [0.15, 0.2) is 5.82 Å². The lowest BCUT2D eigenvalue weighted by Crippen LogP contribution is -2.34. The predicted octanol–water partition coefficient (Wildman–Crippen LogP) is 5.71. The fourth-order valence-electron chi connectivity index (χ4n) is 5.20. The van der Waals surface area contributed by atoms with E-state index in [2.05, 4.69) is 24.0 Å². The molecule has 230 valence electrons. The van der Waals surface area contributed by atoms with Crippen molar-refractivity contribution in [3.05, 3.63) is 76.7 Å². The fraction of sp³-hybridized carbons (Fsp3) is 0.394. The number of hydrogen-bond acceptors (Lipinski definition) is 8. The number of aromatic nitrogens is 5. The molecule has 0 unspecified atom stereocenters. The van der Waals surface area contributed by atoms with Crippen LogP contribution in [0.3, 0.4) is 0 Å². The van der Waals surface area contributed by atoms with Crippen molar-refractivity contribution in [1.29, 1.82) is 0 Å². The third kappa shape index (κ3) is 5.99. The summed E-state index contributed by atoms with van der Waals surface area (Å²) in [6, 6.07) is 13.6. The van der Waals surface area contributed by atoms with Crippen LogP contribution in [0, 0.1) is 13.8 Å². The monoisotopic (exact) mass is 596 g/mol. The summed E-state index contributed by atoms with van der Waals surface area (Å²) in [6.45, 7) is 14.2. The van der Waals surface area contributed by atoms with Crippen LogP contribution in [0.1, 0.15) is 67.4 Å². The highest BCUT2D eigenvalue weighted by Gasteiger charge is 2.34. The number of ether oxygens (including phenoxy) is 1. The van der Waals surface area contributed by atoms with Gasteiger partial charge in [0, 0.05) is 25.7 Å². The van der Waals surface area contributed by atoms with E-state index in [9.17, 15) is 9.59 Å². The van der Waals surface area contributed by atoms with E-state index < -0.39 is 11.7 Å². The Morgan fingerprint density at radius 2 is 1.73 bits per heavy atom. The van der Waals surface area contributed by atoms with Crippen molar-refractivity contribution >= 4 is 23.6 Å². The molecule has 5 rings (SSSR count). The summed E-state index contributed by atoms with van der Waals surface area (Å²) in [5.41, 5.74) is 5.08. The van der Waals surface area contributed by atoms with E-state index in [1.54, 1.807) is 18.3 Å². The first kappa shape index (κ1) is 30.7. The Labute approximate surface area is 258 Å². The molecule has 11 heteroatoms. The van der Waals surface area contributed by atoms with Crippen molar-refractivity contribution in [2.45, 2.75) is 73.2 Å². The fourth-order valence-corrected chi connectivity index (χ4v) is 5.20. The maximum absolute atomic E-state index is 14.0. The maximum Gasteiger partial charge on any atom is 0.410 e. The third-order valence-electron chi connectivity index (χ3n) is 7.68. The number of nitrogens with zero attached hydrogens (tertiary/aromatic N) is 8. The molecule has 2 amide bonds. The minimum Gasteiger partial charge on any atom is -0.444 e. The molecule has 0 radical (unpaired) electrons. The van der Waals surface area contributed by atoms with E-state index in [1.807, 2.05) is 93.6 Å². The van der Waals surface area contributed by atoms with Crippen LogP contribution in [0.5, 0.6) is 0 Å².